The molecule has 2 aromatic carbocycles. The van der Waals surface area contributed by atoms with E-state index in [1.807, 2.05) is 35.9 Å². The summed E-state index contributed by atoms with van der Waals surface area (Å²) >= 11 is 1.39. The summed E-state index contributed by atoms with van der Waals surface area (Å²) in [6, 6.07) is 14.4. The summed E-state index contributed by atoms with van der Waals surface area (Å²) in [7, 11) is 3.62. The largest absolute Gasteiger partial charge is 0.341 e. The molecule has 1 heterocycles. The molecular formula is C18H18FN3OS. The van der Waals surface area contributed by atoms with Crippen LogP contribution in [0.2, 0.25) is 0 Å². The average molecular weight is 343 g/mol. The zero-order chi connectivity index (χ0) is 17.1. The van der Waals surface area contributed by atoms with Crippen molar-refractivity contribution >= 4 is 28.7 Å². The van der Waals surface area contributed by atoms with Gasteiger partial charge < -0.3 is 9.47 Å². The molecule has 0 fully saturated rings. The minimum Gasteiger partial charge on any atom is -0.341 e. The number of hydrogen-bond donors (Lipinski definition) is 0. The number of hydrogen-bond acceptors (Lipinski definition) is 3. The van der Waals surface area contributed by atoms with Crippen molar-refractivity contribution in [2.45, 2.75) is 11.7 Å². The molecule has 4 nitrogen and oxygen atoms in total. The molecule has 0 unspecified atom stereocenters. The summed E-state index contributed by atoms with van der Waals surface area (Å²) in [5.41, 5.74) is 2.46. The van der Waals surface area contributed by atoms with Gasteiger partial charge in [-0.3, -0.25) is 4.79 Å². The maximum absolute atomic E-state index is 13.7. The molecule has 24 heavy (non-hydrogen) atoms. The zero-order valence-corrected chi connectivity index (χ0v) is 14.4. The molecule has 3 rings (SSSR count). The Morgan fingerprint density at radius 2 is 1.92 bits per heavy atom. The first-order chi connectivity index (χ1) is 11.6. The molecule has 0 N–H and O–H groups in total. The van der Waals surface area contributed by atoms with Crippen LogP contribution >= 0.6 is 11.8 Å². The number of carbonyl (C=O) groups excluding carboxylic acids is 1. The number of para-hydroxylation sites is 2. The molecule has 0 bridgehead atoms. The van der Waals surface area contributed by atoms with E-state index < -0.39 is 0 Å². The van der Waals surface area contributed by atoms with Crippen molar-refractivity contribution in [3.63, 3.8) is 0 Å². The summed E-state index contributed by atoms with van der Waals surface area (Å²) in [5, 5.41) is 0.795. The second-order valence-corrected chi connectivity index (χ2v) is 6.51. The van der Waals surface area contributed by atoms with Crippen molar-refractivity contribution in [2.24, 2.45) is 7.05 Å². The molecule has 124 valence electrons. The van der Waals surface area contributed by atoms with Gasteiger partial charge in [-0.15, -0.1) is 0 Å². The minimum absolute atomic E-state index is 0.0599. The zero-order valence-electron chi connectivity index (χ0n) is 13.6. The Kier molecular flexibility index (Phi) is 4.85. The summed E-state index contributed by atoms with van der Waals surface area (Å²) in [6.45, 7) is 0.259. The van der Waals surface area contributed by atoms with E-state index in [-0.39, 0.29) is 24.0 Å². The monoisotopic (exact) mass is 343 g/mol. The molecule has 0 saturated carbocycles. The Balaban J connectivity index is 1.64. The van der Waals surface area contributed by atoms with Crippen LogP contribution in [0.3, 0.4) is 0 Å². The topological polar surface area (TPSA) is 38.1 Å². The van der Waals surface area contributed by atoms with Crippen LogP contribution in [-0.4, -0.2) is 33.2 Å². The van der Waals surface area contributed by atoms with Crippen LogP contribution < -0.4 is 0 Å². The van der Waals surface area contributed by atoms with Crippen LogP contribution in [0.15, 0.2) is 53.7 Å². The summed E-state index contributed by atoms with van der Waals surface area (Å²) in [4.78, 5) is 18.4. The highest BCUT2D eigenvalue weighted by Crippen LogP contribution is 2.23. The van der Waals surface area contributed by atoms with Gasteiger partial charge in [-0.25, -0.2) is 9.37 Å². The lowest BCUT2D eigenvalue weighted by Crippen LogP contribution is -2.28. The third kappa shape index (κ3) is 3.43. The maximum atomic E-state index is 13.7. The number of amides is 1. The van der Waals surface area contributed by atoms with E-state index >= 15 is 0 Å². The van der Waals surface area contributed by atoms with Crippen LogP contribution in [0.25, 0.3) is 11.0 Å². The van der Waals surface area contributed by atoms with E-state index in [4.69, 9.17) is 0 Å². The third-order valence-electron chi connectivity index (χ3n) is 3.86. The van der Waals surface area contributed by atoms with E-state index in [1.54, 1.807) is 25.2 Å². The lowest BCUT2D eigenvalue weighted by Gasteiger charge is -2.17. The van der Waals surface area contributed by atoms with E-state index in [0.717, 1.165) is 16.2 Å². The molecule has 1 aromatic heterocycles. The average Bonchev–Trinajstić information content (AvgIpc) is 2.91. The van der Waals surface area contributed by atoms with Crippen LogP contribution in [0, 0.1) is 5.82 Å². The number of imidazole rings is 1. The predicted octanol–water partition coefficient (Wildman–Crippen LogP) is 3.46. The second kappa shape index (κ2) is 7.05. The maximum Gasteiger partial charge on any atom is 0.233 e. The highest BCUT2D eigenvalue weighted by molar-refractivity contribution is 7.99. The first kappa shape index (κ1) is 16.5. The Bertz CT molecular complexity index is 878. The van der Waals surface area contributed by atoms with Crippen LogP contribution in [0.1, 0.15) is 5.56 Å². The lowest BCUT2D eigenvalue weighted by molar-refractivity contribution is -0.127. The number of nitrogens with zero attached hydrogens (tertiary/aromatic N) is 3. The molecule has 3 aromatic rings. The minimum atomic E-state index is -0.292. The number of benzene rings is 2. The van der Waals surface area contributed by atoms with Gasteiger partial charge in [0.15, 0.2) is 5.16 Å². The Morgan fingerprint density at radius 3 is 2.67 bits per heavy atom. The fourth-order valence-corrected chi connectivity index (χ4v) is 3.39. The lowest BCUT2D eigenvalue weighted by atomic mass is 10.2. The van der Waals surface area contributed by atoms with Gasteiger partial charge in [0.25, 0.3) is 0 Å². The Hall–Kier alpha value is -2.34. The number of carbonyl (C=O) groups is 1. The molecule has 0 aliphatic carbocycles. The fourth-order valence-electron chi connectivity index (χ4n) is 2.46. The van der Waals surface area contributed by atoms with Crippen molar-refractivity contribution < 1.29 is 9.18 Å². The first-order valence-corrected chi connectivity index (χ1v) is 8.56. The van der Waals surface area contributed by atoms with Gasteiger partial charge >= 0.3 is 0 Å². The van der Waals surface area contributed by atoms with Gasteiger partial charge in [0.05, 0.1) is 16.8 Å². The van der Waals surface area contributed by atoms with Crippen molar-refractivity contribution in [3.05, 3.63) is 59.9 Å². The fraction of sp³-hybridized carbons (Fsp3) is 0.222. The summed E-state index contributed by atoms with van der Waals surface area (Å²) in [6.07, 6.45) is 0. The first-order valence-electron chi connectivity index (χ1n) is 7.58. The number of halogens is 1. The number of aromatic nitrogens is 2. The molecular weight excluding hydrogens is 325 g/mol. The SMILES string of the molecule is CN(Cc1ccccc1F)C(=O)CSc1nc2ccccc2n1C. The molecule has 0 aliphatic heterocycles. The number of thioether (sulfide) groups is 1. The number of fused-ring (bicyclic) bond motifs is 1. The number of rotatable bonds is 5. The standard InChI is InChI=1S/C18H18FN3OS/c1-21(11-13-7-3-4-8-14(13)19)17(23)12-24-18-20-15-9-5-6-10-16(15)22(18)2/h3-10H,11-12H2,1-2H3. The molecule has 0 aliphatic rings. The molecule has 0 spiro atoms. The smallest absolute Gasteiger partial charge is 0.233 e. The molecule has 1 amide bonds. The Labute approximate surface area is 144 Å². The Morgan fingerprint density at radius 1 is 1.21 bits per heavy atom. The number of aryl methyl sites for hydroxylation is 1. The van der Waals surface area contributed by atoms with E-state index in [1.165, 1.54) is 22.7 Å². The predicted molar refractivity (Wildman–Crippen MR) is 94.3 cm³/mol. The van der Waals surface area contributed by atoms with Gasteiger partial charge in [0.2, 0.25) is 5.91 Å². The van der Waals surface area contributed by atoms with E-state index in [2.05, 4.69) is 4.98 Å². The molecule has 0 saturated heterocycles. The molecule has 6 heteroatoms. The molecule has 0 atom stereocenters. The molecule has 0 radical (unpaired) electrons. The highest BCUT2D eigenvalue weighted by Gasteiger charge is 2.14. The van der Waals surface area contributed by atoms with Crippen molar-refractivity contribution in [2.75, 3.05) is 12.8 Å². The van der Waals surface area contributed by atoms with Gasteiger partial charge in [0, 0.05) is 26.2 Å². The van der Waals surface area contributed by atoms with E-state index in [0.29, 0.717) is 5.56 Å². The van der Waals surface area contributed by atoms with Crippen LogP contribution in [0.5, 0.6) is 0 Å². The van der Waals surface area contributed by atoms with Crippen molar-refractivity contribution in [3.8, 4) is 0 Å². The summed E-state index contributed by atoms with van der Waals surface area (Å²) in [5.74, 6) is -0.0854. The summed E-state index contributed by atoms with van der Waals surface area (Å²) < 4.78 is 15.7. The van der Waals surface area contributed by atoms with Crippen molar-refractivity contribution in [1.82, 2.24) is 14.5 Å². The normalized spacial score (nSPS) is 11.0. The second-order valence-electron chi connectivity index (χ2n) is 5.57. The van der Waals surface area contributed by atoms with Gasteiger partial charge in [-0.05, 0) is 18.2 Å². The quantitative estimate of drug-likeness (QED) is 0.666. The van der Waals surface area contributed by atoms with E-state index in [9.17, 15) is 9.18 Å². The highest BCUT2D eigenvalue weighted by atomic mass is 32.2. The van der Waals surface area contributed by atoms with Gasteiger partial charge in [-0.1, -0.05) is 42.1 Å². The van der Waals surface area contributed by atoms with Gasteiger partial charge in [0.1, 0.15) is 5.82 Å². The van der Waals surface area contributed by atoms with Crippen LogP contribution in [0.4, 0.5) is 4.39 Å². The van der Waals surface area contributed by atoms with Gasteiger partial charge in [-0.2, -0.15) is 0 Å². The van der Waals surface area contributed by atoms with Crippen molar-refractivity contribution in [1.29, 1.82) is 0 Å². The third-order valence-corrected chi connectivity index (χ3v) is 4.88. The van der Waals surface area contributed by atoms with Crippen LogP contribution in [-0.2, 0) is 18.4 Å².